The average Bonchev–Trinajstić information content (AvgIpc) is 3.59. The summed E-state index contributed by atoms with van der Waals surface area (Å²) >= 11 is 0. The minimum absolute atomic E-state index is 0.870. The van der Waals surface area contributed by atoms with Crippen LogP contribution in [0.5, 0.6) is 0 Å². The van der Waals surface area contributed by atoms with Crippen molar-refractivity contribution in [2.45, 2.75) is 0 Å². The molecule has 0 aliphatic carbocycles. The lowest BCUT2D eigenvalue weighted by Gasteiger charge is -2.26. The van der Waals surface area contributed by atoms with Gasteiger partial charge in [0.1, 0.15) is 11.2 Å². The fraction of sp³-hybridized carbons (Fsp3) is 0. The normalized spacial score (nSPS) is 11.5. The Morgan fingerprint density at radius 1 is 0.288 bits per heavy atom. The van der Waals surface area contributed by atoms with Crippen molar-refractivity contribution in [3.63, 3.8) is 0 Å². The summed E-state index contributed by atoms with van der Waals surface area (Å²) in [4.78, 5) is 2.34. The lowest BCUT2D eigenvalue weighted by atomic mass is 9.96. The van der Waals surface area contributed by atoms with Gasteiger partial charge in [0.05, 0.1) is 0 Å². The van der Waals surface area contributed by atoms with Crippen LogP contribution in [-0.2, 0) is 0 Å². The predicted molar refractivity (Wildman–Crippen MR) is 220 cm³/mol. The summed E-state index contributed by atoms with van der Waals surface area (Å²) in [5.41, 5.74) is 12.1. The number of hydrogen-bond donors (Lipinski definition) is 0. The summed E-state index contributed by atoms with van der Waals surface area (Å²) in [5.74, 6) is 0. The molecule has 0 unspecified atom stereocenters. The topological polar surface area (TPSA) is 16.4 Å². The van der Waals surface area contributed by atoms with Gasteiger partial charge in [0.15, 0.2) is 0 Å². The molecule has 2 nitrogen and oxygen atoms in total. The monoisotopic (exact) mass is 663 g/mol. The van der Waals surface area contributed by atoms with Crippen LogP contribution in [0.1, 0.15) is 0 Å². The maximum Gasteiger partial charge on any atom is 0.137 e. The van der Waals surface area contributed by atoms with Crippen LogP contribution in [0, 0.1) is 0 Å². The number of fused-ring (bicyclic) bond motifs is 5. The Balaban J connectivity index is 1.10. The van der Waals surface area contributed by atoms with E-state index in [4.69, 9.17) is 4.42 Å². The molecule has 10 rings (SSSR count). The first kappa shape index (κ1) is 30.0. The summed E-state index contributed by atoms with van der Waals surface area (Å²) < 4.78 is 6.40. The number of nitrogens with zero attached hydrogens (tertiary/aromatic N) is 1. The molecule has 10 aromatic rings. The molecule has 0 saturated carbocycles. The van der Waals surface area contributed by atoms with Gasteiger partial charge in [0, 0.05) is 33.9 Å². The minimum atomic E-state index is 0.870. The zero-order valence-corrected chi connectivity index (χ0v) is 28.4. The Hall–Kier alpha value is -6.90. The molecule has 0 spiro atoms. The first-order valence-corrected chi connectivity index (χ1v) is 17.8. The van der Waals surface area contributed by atoms with Gasteiger partial charge in [-0.25, -0.2) is 0 Å². The van der Waals surface area contributed by atoms with Crippen molar-refractivity contribution < 1.29 is 4.42 Å². The second kappa shape index (κ2) is 12.5. The lowest BCUT2D eigenvalue weighted by Crippen LogP contribution is -2.10. The van der Waals surface area contributed by atoms with E-state index in [0.717, 1.165) is 44.6 Å². The van der Waals surface area contributed by atoms with Crippen molar-refractivity contribution in [3.8, 4) is 33.4 Å². The highest BCUT2D eigenvalue weighted by atomic mass is 16.3. The third-order valence-electron chi connectivity index (χ3n) is 10.2. The van der Waals surface area contributed by atoms with E-state index in [1.165, 1.54) is 49.4 Å². The smallest absolute Gasteiger partial charge is 0.137 e. The highest BCUT2D eigenvalue weighted by molar-refractivity contribution is 6.06. The third-order valence-corrected chi connectivity index (χ3v) is 10.2. The molecular weight excluding hydrogens is 631 g/mol. The second-order valence-corrected chi connectivity index (χ2v) is 13.3. The Labute approximate surface area is 302 Å². The first-order valence-electron chi connectivity index (χ1n) is 17.8. The van der Waals surface area contributed by atoms with Gasteiger partial charge < -0.3 is 9.32 Å². The van der Waals surface area contributed by atoms with Gasteiger partial charge in [-0.3, -0.25) is 0 Å². The summed E-state index contributed by atoms with van der Waals surface area (Å²) in [6.45, 7) is 0. The molecule has 0 aliphatic heterocycles. The SMILES string of the molecule is c1cc(-c2ccc(-c3cccc4ccccc34)cc2)cc(N(c2cccc(-c3cccc4ccccc34)c2)c2ccc3c(c2)oc2ccccc23)c1. The minimum Gasteiger partial charge on any atom is -0.456 e. The lowest BCUT2D eigenvalue weighted by molar-refractivity contribution is 0.669. The van der Waals surface area contributed by atoms with E-state index in [0.29, 0.717) is 0 Å². The van der Waals surface area contributed by atoms with Crippen molar-refractivity contribution in [1.82, 2.24) is 0 Å². The zero-order valence-electron chi connectivity index (χ0n) is 28.4. The van der Waals surface area contributed by atoms with E-state index in [-0.39, 0.29) is 0 Å². The van der Waals surface area contributed by atoms with Crippen molar-refractivity contribution in [2.24, 2.45) is 0 Å². The van der Waals surface area contributed by atoms with E-state index < -0.39 is 0 Å². The van der Waals surface area contributed by atoms with Gasteiger partial charge in [-0.1, -0.05) is 152 Å². The average molecular weight is 664 g/mol. The molecule has 0 bridgehead atoms. The molecule has 9 aromatic carbocycles. The number of hydrogen-bond acceptors (Lipinski definition) is 2. The molecule has 0 atom stereocenters. The molecular formula is C50H33NO. The van der Waals surface area contributed by atoms with Crippen LogP contribution in [0.15, 0.2) is 205 Å². The van der Waals surface area contributed by atoms with Crippen LogP contribution in [-0.4, -0.2) is 0 Å². The zero-order chi connectivity index (χ0) is 34.4. The number of rotatable bonds is 6. The highest BCUT2D eigenvalue weighted by Crippen LogP contribution is 2.41. The maximum absolute atomic E-state index is 6.40. The number of para-hydroxylation sites is 1. The summed E-state index contributed by atoms with van der Waals surface area (Å²) in [6, 6.07) is 71.7. The van der Waals surface area contributed by atoms with Crippen molar-refractivity contribution in [3.05, 3.63) is 200 Å². The van der Waals surface area contributed by atoms with Crippen molar-refractivity contribution >= 4 is 60.5 Å². The fourth-order valence-electron chi connectivity index (χ4n) is 7.73. The van der Waals surface area contributed by atoms with E-state index in [2.05, 4.69) is 193 Å². The molecule has 0 aliphatic rings. The first-order chi connectivity index (χ1) is 25.8. The molecule has 0 radical (unpaired) electrons. The molecule has 0 N–H and O–H groups in total. The number of furan rings is 1. The summed E-state index contributed by atoms with van der Waals surface area (Å²) in [7, 11) is 0. The van der Waals surface area contributed by atoms with Crippen LogP contribution in [0.25, 0.3) is 76.9 Å². The quantitative estimate of drug-likeness (QED) is 0.176. The van der Waals surface area contributed by atoms with Crippen LogP contribution < -0.4 is 4.90 Å². The van der Waals surface area contributed by atoms with Gasteiger partial charge in [-0.2, -0.15) is 0 Å². The molecule has 1 aromatic heterocycles. The van der Waals surface area contributed by atoms with Crippen LogP contribution in [0.3, 0.4) is 0 Å². The van der Waals surface area contributed by atoms with E-state index in [1.807, 2.05) is 12.1 Å². The van der Waals surface area contributed by atoms with E-state index >= 15 is 0 Å². The molecule has 244 valence electrons. The molecule has 52 heavy (non-hydrogen) atoms. The van der Waals surface area contributed by atoms with Crippen LogP contribution in [0.2, 0.25) is 0 Å². The summed E-state index contributed by atoms with van der Waals surface area (Å²) in [6.07, 6.45) is 0. The van der Waals surface area contributed by atoms with E-state index in [9.17, 15) is 0 Å². The molecule has 0 saturated heterocycles. The van der Waals surface area contributed by atoms with Gasteiger partial charge in [0.25, 0.3) is 0 Å². The molecule has 0 amide bonds. The highest BCUT2D eigenvalue weighted by Gasteiger charge is 2.17. The van der Waals surface area contributed by atoms with Gasteiger partial charge in [-0.15, -0.1) is 0 Å². The van der Waals surface area contributed by atoms with Gasteiger partial charge >= 0.3 is 0 Å². The molecule has 2 heteroatoms. The second-order valence-electron chi connectivity index (χ2n) is 13.3. The largest absolute Gasteiger partial charge is 0.456 e. The Kier molecular flexibility index (Phi) is 7.18. The third kappa shape index (κ3) is 5.21. The summed E-state index contributed by atoms with van der Waals surface area (Å²) in [5, 5.41) is 7.24. The standard InChI is InChI=1S/C50H33NO/c1-3-19-43-35(11-1)13-9-22-45(43)37-27-25-34(26-28-37)38-15-7-17-40(31-38)51(42-29-30-48-47-21-5-6-24-49(47)52-50(48)33-42)41-18-8-16-39(32-41)46-23-10-14-36-12-2-4-20-44(36)46/h1-33H. The Morgan fingerprint density at radius 2 is 0.788 bits per heavy atom. The van der Waals surface area contributed by atoms with Crippen LogP contribution in [0.4, 0.5) is 17.1 Å². The van der Waals surface area contributed by atoms with Gasteiger partial charge in [0.2, 0.25) is 0 Å². The number of benzene rings is 9. The molecule has 0 fully saturated rings. The number of anilines is 3. The van der Waals surface area contributed by atoms with Crippen LogP contribution >= 0.6 is 0 Å². The van der Waals surface area contributed by atoms with Gasteiger partial charge in [-0.05, 0) is 97.4 Å². The van der Waals surface area contributed by atoms with E-state index in [1.54, 1.807) is 0 Å². The fourth-order valence-corrected chi connectivity index (χ4v) is 7.73. The maximum atomic E-state index is 6.40. The van der Waals surface area contributed by atoms with Crippen molar-refractivity contribution in [1.29, 1.82) is 0 Å². The molecule has 1 heterocycles. The predicted octanol–water partition coefficient (Wildman–Crippen LogP) is 14.4. The Bertz CT molecular complexity index is 2910. The Morgan fingerprint density at radius 3 is 1.50 bits per heavy atom. The van der Waals surface area contributed by atoms with Crippen molar-refractivity contribution in [2.75, 3.05) is 4.90 Å².